The normalized spacial score (nSPS) is 10.6. The minimum atomic E-state index is -0.508. The molecular formula is C14H12ClN5O2. The second-order valence-corrected chi connectivity index (χ2v) is 5.12. The summed E-state index contributed by atoms with van der Waals surface area (Å²) in [6, 6.07) is 8.73. The van der Waals surface area contributed by atoms with Crippen molar-refractivity contribution in [2.75, 3.05) is 0 Å². The Balaban J connectivity index is 1.72. The molecule has 0 saturated heterocycles. The third-order valence-corrected chi connectivity index (χ3v) is 3.39. The maximum absolute atomic E-state index is 12.1. The summed E-state index contributed by atoms with van der Waals surface area (Å²) in [5, 5.41) is 7.83. The van der Waals surface area contributed by atoms with E-state index in [-0.39, 0.29) is 5.69 Å². The molecule has 112 valence electrons. The smallest absolute Gasteiger partial charge is 0.290 e. The number of fused-ring (bicyclic) bond motifs is 1. The highest BCUT2D eigenvalue weighted by molar-refractivity contribution is 6.31. The second-order valence-electron chi connectivity index (χ2n) is 4.68. The van der Waals surface area contributed by atoms with Gasteiger partial charge in [-0.15, -0.1) is 0 Å². The van der Waals surface area contributed by atoms with Gasteiger partial charge in [0.15, 0.2) is 5.69 Å². The molecule has 2 aromatic heterocycles. The van der Waals surface area contributed by atoms with Crippen LogP contribution in [0.3, 0.4) is 0 Å². The van der Waals surface area contributed by atoms with Gasteiger partial charge in [-0.05, 0) is 12.1 Å². The minimum Gasteiger partial charge on any atom is -0.345 e. The predicted octanol–water partition coefficient (Wildman–Crippen LogP) is 1.63. The summed E-state index contributed by atoms with van der Waals surface area (Å²) in [4.78, 5) is 24.1. The minimum absolute atomic E-state index is 0.209. The molecule has 0 spiro atoms. The lowest BCUT2D eigenvalue weighted by Crippen LogP contribution is -2.42. The lowest BCUT2D eigenvalue weighted by molar-refractivity contribution is 0.0840. The number of hydrogen-bond acceptors (Lipinski definition) is 3. The first-order valence-electron chi connectivity index (χ1n) is 6.42. The van der Waals surface area contributed by atoms with Crippen LogP contribution >= 0.6 is 11.6 Å². The number of hydrazine groups is 1. The van der Waals surface area contributed by atoms with Gasteiger partial charge in [-0.2, -0.15) is 5.10 Å². The van der Waals surface area contributed by atoms with E-state index >= 15 is 0 Å². The van der Waals surface area contributed by atoms with Crippen molar-refractivity contribution in [1.82, 2.24) is 25.6 Å². The number of aromatic nitrogens is 3. The Bertz CT molecular complexity index is 867. The molecule has 1 aromatic carbocycles. The molecular weight excluding hydrogens is 306 g/mol. The Morgan fingerprint density at radius 2 is 1.95 bits per heavy atom. The number of amides is 2. The fraction of sp³-hybridized carbons (Fsp3) is 0.0714. The zero-order chi connectivity index (χ0) is 15.7. The summed E-state index contributed by atoms with van der Waals surface area (Å²) in [5.74, 6) is -0.978. The van der Waals surface area contributed by atoms with Crippen LogP contribution in [0.15, 0.2) is 36.5 Å². The summed E-state index contributed by atoms with van der Waals surface area (Å²) in [6.45, 7) is 0. The first kappa shape index (κ1) is 14.2. The van der Waals surface area contributed by atoms with Gasteiger partial charge in [-0.1, -0.05) is 29.8 Å². The number of hydrogen-bond donors (Lipinski definition) is 3. The van der Waals surface area contributed by atoms with Crippen LogP contribution in [0.25, 0.3) is 10.9 Å². The summed E-state index contributed by atoms with van der Waals surface area (Å²) in [5.41, 5.74) is 5.95. The number of H-pyrrole nitrogens is 1. The molecule has 7 nitrogen and oxygen atoms in total. The SMILES string of the molecule is Cn1cc(Cl)cc1C(=O)NNC(=O)c1n[nH]c2ccccc12. The number of carbonyl (C=O) groups is 2. The van der Waals surface area contributed by atoms with Crippen LogP contribution in [-0.2, 0) is 7.05 Å². The van der Waals surface area contributed by atoms with E-state index in [9.17, 15) is 9.59 Å². The quantitative estimate of drug-likeness (QED) is 0.627. The van der Waals surface area contributed by atoms with Gasteiger partial charge >= 0.3 is 0 Å². The third-order valence-electron chi connectivity index (χ3n) is 3.18. The summed E-state index contributed by atoms with van der Waals surface area (Å²) in [6.07, 6.45) is 1.60. The summed E-state index contributed by atoms with van der Waals surface area (Å²) >= 11 is 5.82. The van der Waals surface area contributed by atoms with Crippen LogP contribution in [0, 0.1) is 0 Å². The summed E-state index contributed by atoms with van der Waals surface area (Å²) in [7, 11) is 1.68. The molecule has 2 heterocycles. The number of aromatic amines is 1. The number of halogens is 1. The molecule has 3 rings (SSSR count). The molecule has 0 saturated carbocycles. The van der Waals surface area contributed by atoms with Crippen molar-refractivity contribution in [3.63, 3.8) is 0 Å². The van der Waals surface area contributed by atoms with E-state index in [4.69, 9.17) is 11.6 Å². The average Bonchev–Trinajstić information content (AvgIpc) is 3.07. The van der Waals surface area contributed by atoms with Crippen molar-refractivity contribution < 1.29 is 9.59 Å². The van der Waals surface area contributed by atoms with E-state index in [0.717, 1.165) is 5.52 Å². The van der Waals surface area contributed by atoms with Crippen molar-refractivity contribution in [3.05, 3.63) is 52.9 Å². The first-order chi connectivity index (χ1) is 10.6. The molecule has 0 radical (unpaired) electrons. The number of carbonyl (C=O) groups excluding carboxylic acids is 2. The second kappa shape index (κ2) is 5.53. The summed E-state index contributed by atoms with van der Waals surface area (Å²) < 4.78 is 1.56. The Labute approximate surface area is 130 Å². The Morgan fingerprint density at radius 3 is 2.68 bits per heavy atom. The number of para-hydroxylation sites is 1. The molecule has 0 aliphatic carbocycles. The van der Waals surface area contributed by atoms with Gasteiger partial charge in [0.25, 0.3) is 11.8 Å². The van der Waals surface area contributed by atoms with E-state index in [1.807, 2.05) is 12.1 Å². The van der Waals surface area contributed by atoms with Crippen molar-refractivity contribution in [2.24, 2.45) is 7.05 Å². The van der Waals surface area contributed by atoms with Gasteiger partial charge in [0.1, 0.15) is 5.69 Å². The van der Waals surface area contributed by atoms with Gasteiger partial charge in [0.05, 0.1) is 10.5 Å². The van der Waals surface area contributed by atoms with Gasteiger partial charge in [0, 0.05) is 18.6 Å². The molecule has 3 aromatic rings. The topological polar surface area (TPSA) is 91.8 Å². The van der Waals surface area contributed by atoms with Gasteiger partial charge in [-0.3, -0.25) is 25.5 Å². The van der Waals surface area contributed by atoms with Crippen LogP contribution in [0.4, 0.5) is 0 Å². The van der Waals surface area contributed by atoms with E-state index in [1.54, 1.807) is 29.9 Å². The molecule has 0 aliphatic heterocycles. The van der Waals surface area contributed by atoms with E-state index in [2.05, 4.69) is 21.0 Å². The van der Waals surface area contributed by atoms with E-state index in [1.165, 1.54) is 6.07 Å². The number of rotatable bonds is 2. The highest BCUT2D eigenvalue weighted by atomic mass is 35.5. The van der Waals surface area contributed by atoms with Crippen LogP contribution in [0.1, 0.15) is 21.0 Å². The molecule has 0 atom stereocenters. The van der Waals surface area contributed by atoms with Crippen molar-refractivity contribution >= 4 is 34.3 Å². The lowest BCUT2D eigenvalue weighted by atomic mass is 10.2. The number of nitrogens with one attached hydrogen (secondary N) is 3. The zero-order valence-corrected chi connectivity index (χ0v) is 12.3. The monoisotopic (exact) mass is 317 g/mol. The Hall–Kier alpha value is -2.80. The molecule has 2 amide bonds. The van der Waals surface area contributed by atoms with Crippen LogP contribution in [-0.4, -0.2) is 26.6 Å². The highest BCUT2D eigenvalue weighted by Gasteiger charge is 2.16. The van der Waals surface area contributed by atoms with Crippen LogP contribution in [0.2, 0.25) is 5.02 Å². The van der Waals surface area contributed by atoms with Crippen molar-refractivity contribution in [3.8, 4) is 0 Å². The molecule has 3 N–H and O–H groups in total. The number of benzene rings is 1. The largest absolute Gasteiger partial charge is 0.345 e. The fourth-order valence-electron chi connectivity index (χ4n) is 2.12. The molecule has 22 heavy (non-hydrogen) atoms. The van der Waals surface area contributed by atoms with Crippen molar-refractivity contribution in [1.29, 1.82) is 0 Å². The highest BCUT2D eigenvalue weighted by Crippen LogP contribution is 2.15. The molecule has 0 fully saturated rings. The van der Waals surface area contributed by atoms with Gasteiger partial charge < -0.3 is 4.57 Å². The van der Waals surface area contributed by atoms with Crippen LogP contribution < -0.4 is 10.9 Å². The fourth-order valence-corrected chi connectivity index (χ4v) is 2.37. The lowest BCUT2D eigenvalue weighted by Gasteiger charge is -2.06. The molecule has 8 heteroatoms. The number of nitrogens with zero attached hydrogens (tertiary/aromatic N) is 2. The standard InChI is InChI=1S/C14H12ClN5O2/c1-20-7-8(15)6-11(20)13(21)18-19-14(22)12-9-4-2-3-5-10(9)16-17-12/h2-7H,1H3,(H,16,17)(H,18,21)(H,19,22). The van der Waals surface area contributed by atoms with E-state index < -0.39 is 11.8 Å². The molecule has 0 bridgehead atoms. The molecule has 0 aliphatic rings. The predicted molar refractivity (Wildman–Crippen MR) is 81.4 cm³/mol. The van der Waals surface area contributed by atoms with Gasteiger partial charge in [-0.25, -0.2) is 0 Å². The maximum atomic E-state index is 12.1. The van der Waals surface area contributed by atoms with Crippen molar-refractivity contribution in [2.45, 2.75) is 0 Å². The Morgan fingerprint density at radius 1 is 1.23 bits per heavy atom. The van der Waals surface area contributed by atoms with Gasteiger partial charge in [0.2, 0.25) is 0 Å². The third kappa shape index (κ3) is 2.53. The van der Waals surface area contributed by atoms with Crippen LogP contribution in [0.5, 0.6) is 0 Å². The average molecular weight is 318 g/mol. The molecule has 0 unspecified atom stereocenters. The first-order valence-corrected chi connectivity index (χ1v) is 6.79. The van der Waals surface area contributed by atoms with E-state index in [0.29, 0.717) is 16.1 Å². The zero-order valence-electron chi connectivity index (χ0n) is 11.6. The number of aryl methyl sites for hydroxylation is 1. The maximum Gasteiger partial charge on any atom is 0.290 e. The Kier molecular flexibility index (Phi) is 3.56.